The van der Waals surface area contributed by atoms with E-state index >= 15 is 0 Å². The minimum absolute atomic E-state index is 0.0446. The predicted octanol–water partition coefficient (Wildman–Crippen LogP) is 2.03. The molecule has 106 valence electrons. The van der Waals surface area contributed by atoms with Gasteiger partial charge in [-0.25, -0.2) is 0 Å². The average molecular weight is 266 g/mol. The second-order valence-corrected chi connectivity index (χ2v) is 5.75. The third kappa shape index (κ3) is 4.03. The average Bonchev–Trinajstić information content (AvgIpc) is 2.31. The van der Waals surface area contributed by atoms with E-state index in [4.69, 9.17) is 9.84 Å². The Labute approximate surface area is 114 Å². The first kappa shape index (κ1) is 15.6. The van der Waals surface area contributed by atoms with E-state index in [1.54, 1.807) is 13.0 Å². The van der Waals surface area contributed by atoms with Gasteiger partial charge in [-0.1, -0.05) is 26.8 Å². The maximum atomic E-state index is 11.7. The molecule has 19 heavy (non-hydrogen) atoms. The number of aldehydes is 1. The lowest BCUT2D eigenvalue weighted by Crippen LogP contribution is -2.27. The van der Waals surface area contributed by atoms with Crippen molar-refractivity contribution in [3.05, 3.63) is 23.3 Å². The van der Waals surface area contributed by atoms with Gasteiger partial charge in [0.25, 0.3) is 0 Å². The fourth-order valence-electron chi connectivity index (χ4n) is 2.10. The zero-order chi connectivity index (χ0) is 14.6. The second-order valence-electron chi connectivity index (χ2n) is 5.75. The van der Waals surface area contributed by atoms with E-state index < -0.39 is 6.10 Å². The molecular formula is C15H22O4. The maximum Gasteiger partial charge on any atom is 0.307 e. The molecule has 0 amide bonds. The number of hydrogen-bond donors (Lipinski definition) is 1. The Morgan fingerprint density at radius 2 is 2.21 bits per heavy atom. The Morgan fingerprint density at radius 1 is 1.58 bits per heavy atom. The standard InChI is InChI=1S/C15H22O4/c1-10(8-16)5-14(18)19-13-6-12(9-17)15(3,4)7-11(13)2/h6-7,9-10,13,16H,5,8H2,1-4H3/t10-,13+/m0/s1. The van der Waals surface area contributed by atoms with Gasteiger partial charge in [-0.2, -0.15) is 0 Å². The summed E-state index contributed by atoms with van der Waals surface area (Å²) in [5.41, 5.74) is 1.21. The summed E-state index contributed by atoms with van der Waals surface area (Å²) in [6, 6.07) is 0. The highest BCUT2D eigenvalue weighted by atomic mass is 16.5. The number of ether oxygens (including phenoxy) is 1. The summed E-state index contributed by atoms with van der Waals surface area (Å²) in [5, 5.41) is 8.91. The molecule has 0 fully saturated rings. The molecule has 0 aliphatic heterocycles. The molecule has 0 saturated carbocycles. The zero-order valence-corrected chi connectivity index (χ0v) is 12.0. The Morgan fingerprint density at radius 3 is 2.74 bits per heavy atom. The SMILES string of the molecule is CC1=CC(C)(C)C(C=O)=C[C@H]1OC(=O)C[C@H](C)CO. The van der Waals surface area contributed by atoms with Crippen LogP contribution < -0.4 is 0 Å². The number of carbonyl (C=O) groups is 2. The first-order chi connectivity index (χ1) is 8.80. The lowest BCUT2D eigenvalue weighted by Gasteiger charge is -2.30. The number of aliphatic hydroxyl groups is 1. The summed E-state index contributed by atoms with van der Waals surface area (Å²) in [7, 11) is 0. The second kappa shape index (κ2) is 6.15. The smallest absolute Gasteiger partial charge is 0.307 e. The highest BCUT2D eigenvalue weighted by Crippen LogP contribution is 2.34. The van der Waals surface area contributed by atoms with E-state index in [0.717, 1.165) is 11.9 Å². The van der Waals surface area contributed by atoms with Crippen molar-refractivity contribution in [3.63, 3.8) is 0 Å². The van der Waals surface area contributed by atoms with Gasteiger partial charge in [-0.15, -0.1) is 0 Å². The van der Waals surface area contributed by atoms with Crippen molar-refractivity contribution in [2.24, 2.45) is 11.3 Å². The molecule has 1 N–H and O–H groups in total. The monoisotopic (exact) mass is 266 g/mol. The van der Waals surface area contributed by atoms with Gasteiger partial charge in [-0.05, 0) is 24.5 Å². The molecule has 1 aliphatic rings. The Hall–Kier alpha value is -1.42. The topological polar surface area (TPSA) is 63.6 Å². The van der Waals surface area contributed by atoms with Crippen LogP contribution in [0.1, 0.15) is 34.1 Å². The van der Waals surface area contributed by atoms with Crippen LogP contribution in [0, 0.1) is 11.3 Å². The van der Waals surface area contributed by atoms with Crippen LogP contribution in [0.4, 0.5) is 0 Å². The van der Waals surface area contributed by atoms with Crippen molar-refractivity contribution < 1.29 is 19.4 Å². The lowest BCUT2D eigenvalue weighted by atomic mass is 9.78. The molecule has 4 heteroatoms. The van der Waals surface area contributed by atoms with E-state index in [2.05, 4.69) is 0 Å². The minimum atomic E-state index is -0.480. The third-order valence-corrected chi connectivity index (χ3v) is 3.32. The lowest BCUT2D eigenvalue weighted by molar-refractivity contribution is -0.147. The van der Waals surface area contributed by atoms with Crippen LogP contribution in [0.15, 0.2) is 23.3 Å². The van der Waals surface area contributed by atoms with Crippen molar-refractivity contribution in [1.82, 2.24) is 0 Å². The van der Waals surface area contributed by atoms with Crippen LogP contribution >= 0.6 is 0 Å². The van der Waals surface area contributed by atoms with Crippen molar-refractivity contribution in [2.75, 3.05) is 6.61 Å². The molecule has 0 bridgehead atoms. The summed E-state index contributed by atoms with van der Waals surface area (Å²) in [6.07, 6.45) is 4.15. The molecule has 1 aliphatic carbocycles. The summed E-state index contributed by atoms with van der Waals surface area (Å²) >= 11 is 0. The van der Waals surface area contributed by atoms with Gasteiger partial charge in [-0.3, -0.25) is 9.59 Å². The number of allylic oxidation sites excluding steroid dienone is 2. The van der Waals surface area contributed by atoms with Crippen LogP contribution in [0.3, 0.4) is 0 Å². The van der Waals surface area contributed by atoms with Gasteiger partial charge in [0, 0.05) is 17.6 Å². The van der Waals surface area contributed by atoms with Crippen LogP contribution in [-0.4, -0.2) is 30.1 Å². The Kier molecular flexibility index (Phi) is 5.06. The van der Waals surface area contributed by atoms with Gasteiger partial charge in [0.05, 0.1) is 6.42 Å². The predicted molar refractivity (Wildman–Crippen MR) is 72.4 cm³/mol. The minimum Gasteiger partial charge on any atom is -0.454 e. The quantitative estimate of drug-likeness (QED) is 0.470. The van der Waals surface area contributed by atoms with Crippen molar-refractivity contribution in [2.45, 2.75) is 40.2 Å². The van der Waals surface area contributed by atoms with E-state index in [1.807, 2.05) is 26.8 Å². The molecule has 4 nitrogen and oxygen atoms in total. The van der Waals surface area contributed by atoms with Crippen LogP contribution in [0.5, 0.6) is 0 Å². The highest BCUT2D eigenvalue weighted by molar-refractivity contribution is 5.78. The highest BCUT2D eigenvalue weighted by Gasteiger charge is 2.29. The third-order valence-electron chi connectivity index (χ3n) is 3.32. The first-order valence-corrected chi connectivity index (χ1v) is 6.47. The molecule has 0 heterocycles. The van der Waals surface area contributed by atoms with Crippen LogP contribution in [0.2, 0.25) is 0 Å². The number of carbonyl (C=O) groups excluding carboxylic acids is 2. The largest absolute Gasteiger partial charge is 0.454 e. The van der Waals surface area contributed by atoms with Gasteiger partial charge in [0.1, 0.15) is 12.4 Å². The summed E-state index contributed by atoms with van der Waals surface area (Å²) in [6.45, 7) is 7.51. The van der Waals surface area contributed by atoms with Crippen LogP contribution in [0.25, 0.3) is 0 Å². The molecular weight excluding hydrogens is 244 g/mol. The van der Waals surface area contributed by atoms with Crippen molar-refractivity contribution >= 4 is 12.3 Å². The van der Waals surface area contributed by atoms with Crippen molar-refractivity contribution in [3.8, 4) is 0 Å². The Balaban J connectivity index is 2.77. The summed E-state index contributed by atoms with van der Waals surface area (Å²) < 4.78 is 5.35. The number of hydrogen-bond acceptors (Lipinski definition) is 4. The fourth-order valence-corrected chi connectivity index (χ4v) is 2.10. The van der Waals surface area contributed by atoms with Gasteiger partial charge in [0.2, 0.25) is 0 Å². The maximum absolute atomic E-state index is 11.7. The van der Waals surface area contributed by atoms with E-state index in [0.29, 0.717) is 5.57 Å². The van der Waals surface area contributed by atoms with Crippen LogP contribution in [-0.2, 0) is 14.3 Å². The number of esters is 1. The van der Waals surface area contributed by atoms with Gasteiger partial charge >= 0.3 is 5.97 Å². The first-order valence-electron chi connectivity index (χ1n) is 6.47. The van der Waals surface area contributed by atoms with Crippen molar-refractivity contribution in [1.29, 1.82) is 0 Å². The van der Waals surface area contributed by atoms with Gasteiger partial charge < -0.3 is 9.84 Å². The molecule has 1 rings (SSSR count). The van der Waals surface area contributed by atoms with E-state index in [1.165, 1.54) is 0 Å². The molecule has 0 saturated heterocycles. The molecule has 0 aromatic rings. The molecule has 0 radical (unpaired) electrons. The number of aliphatic hydroxyl groups excluding tert-OH is 1. The molecule has 0 aromatic heterocycles. The summed E-state index contributed by atoms with van der Waals surface area (Å²) in [4.78, 5) is 22.8. The zero-order valence-electron chi connectivity index (χ0n) is 12.0. The Bertz CT molecular complexity index is 418. The fraction of sp³-hybridized carbons (Fsp3) is 0.600. The van der Waals surface area contributed by atoms with E-state index in [-0.39, 0.29) is 30.3 Å². The molecule has 0 spiro atoms. The molecule has 2 atom stereocenters. The van der Waals surface area contributed by atoms with E-state index in [9.17, 15) is 9.59 Å². The summed E-state index contributed by atoms with van der Waals surface area (Å²) in [5.74, 6) is -0.480. The number of rotatable bonds is 5. The molecule has 0 aromatic carbocycles. The molecule has 0 unspecified atom stereocenters. The van der Waals surface area contributed by atoms with Gasteiger partial charge in [0.15, 0.2) is 0 Å². The normalized spacial score (nSPS) is 23.1.